The minimum absolute atomic E-state index is 0.0890. The Bertz CT molecular complexity index is 359. The highest BCUT2D eigenvalue weighted by atomic mass is 32.2. The summed E-state index contributed by atoms with van der Waals surface area (Å²) in [5.74, 6) is 5.57. The van der Waals surface area contributed by atoms with Gasteiger partial charge in [-0.15, -0.1) is 0 Å². The largest absolute Gasteiger partial charge is 0.353 e. The zero-order valence-electron chi connectivity index (χ0n) is 9.98. The fraction of sp³-hybridized carbons (Fsp3) is 0.818. The third-order valence-electron chi connectivity index (χ3n) is 2.13. The highest BCUT2D eigenvalue weighted by molar-refractivity contribution is 7.85. The van der Waals surface area contributed by atoms with E-state index in [2.05, 4.69) is 16.0 Å². The SMILES string of the molecule is CS(=O)(=O)OCCC#CCOC1CCCCO1. The molecule has 0 aliphatic carbocycles. The van der Waals surface area contributed by atoms with Crippen LogP contribution in [0.5, 0.6) is 0 Å². The van der Waals surface area contributed by atoms with Gasteiger partial charge in [-0.1, -0.05) is 11.8 Å². The Hall–Kier alpha value is -0.610. The minimum atomic E-state index is -3.35. The van der Waals surface area contributed by atoms with Gasteiger partial charge in [-0.2, -0.15) is 8.42 Å². The molecule has 1 fully saturated rings. The maximum Gasteiger partial charge on any atom is 0.264 e. The van der Waals surface area contributed by atoms with E-state index in [4.69, 9.17) is 9.47 Å². The first-order valence-electron chi connectivity index (χ1n) is 5.61. The van der Waals surface area contributed by atoms with E-state index in [1.54, 1.807) is 0 Å². The van der Waals surface area contributed by atoms with Crippen LogP contribution >= 0.6 is 0 Å². The monoisotopic (exact) mass is 262 g/mol. The fourth-order valence-corrected chi connectivity index (χ4v) is 1.75. The number of rotatable bonds is 5. The Morgan fingerprint density at radius 3 is 2.82 bits per heavy atom. The summed E-state index contributed by atoms with van der Waals surface area (Å²) in [6, 6.07) is 0. The summed E-state index contributed by atoms with van der Waals surface area (Å²) in [4.78, 5) is 0. The standard InChI is InChI=1S/C11H18O5S/c1-17(12,13)16-10-5-2-4-8-14-11-7-3-6-9-15-11/h11H,3,5-10H2,1H3. The van der Waals surface area contributed by atoms with E-state index >= 15 is 0 Å². The smallest absolute Gasteiger partial charge is 0.264 e. The normalized spacial score (nSPS) is 20.6. The summed E-state index contributed by atoms with van der Waals surface area (Å²) < 4.78 is 36.5. The van der Waals surface area contributed by atoms with Crippen LogP contribution in [0.1, 0.15) is 25.7 Å². The summed E-state index contributed by atoms with van der Waals surface area (Å²) in [6.45, 7) is 1.15. The molecule has 1 atom stereocenters. The predicted octanol–water partition coefficient (Wildman–Crippen LogP) is 0.899. The maximum atomic E-state index is 10.6. The molecule has 0 N–H and O–H groups in total. The first-order valence-corrected chi connectivity index (χ1v) is 7.43. The van der Waals surface area contributed by atoms with Gasteiger partial charge in [0.1, 0.15) is 6.61 Å². The molecule has 1 aliphatic heterocycles. The van der Waals surface area contributed by atoms with Crippen molar-refractivity contribution in [2.75, 3.05) is 26.1 Å². The van der Waals surface area contributed by atoms with Gasteiger partial charge in [0.2, 0.25) is 0 Å². The molecule has 1 heterocycles. The summed E-state index contributed by atoms with van der Waals surface area (Å²) in [7, 11) is -3.35. The van der Waals surface area contributed by atoms with Crippen LogP contribution in [0.15, 0.2) is 0 Å². The molecule has 0 bridgehead atoms. The van der Waals surface area contributed by atoms with Crippen LogP contribution in [-0.2, 0) is 23.8 Å². The summed E-state index contributed by atoms with van der Waals surface area (Å²) >= 11 is 0. The molecule has 6 heteroatoms. The molecule has 0 radical (unpaired) electrons. The van der Waals surface area contributed by atoms with E-state index in [0.717, 1.165) is 32.1 Å². The van der Waals surface area contributed by atoms with Crippen LogP contribution in [0.25, 0.3) is 0 Å². The van der Waals surface area contributed by atoms with Crippen molar-refractivity contribution in [2.24, 2.45) is 0 Å². The number of hydrogen-bond acceptors (Lipinski definition) is 5. The molecule has 0 spiro atoms. The molecule has 0 saturated carbocycles. The van der Waals surface area contributed by atoms with E-state index in [1.165, 1.54) is 0 Å². The number of hydrogen-bond donors (Lipinski definition) is 0. The summed E-state index contributed by atoms with van der Waals surface area (Å²) in [5.41, 5.74) is 0. The van der Waals surface area contributed by atoms with Crippen molar-refractivity contribution in [1.82, 2.24) is 0 Å². The zero-order valence-corrected chi connectivity index (χ0v) is 10.8. The third kappa shape index (κ3) is 8.16. The van der Waals surface area contributed by atoms with Crippen molar-refractivity contribution in [1.29, 1.82) is 0 Å². The van der Waals surface area contributed by atoms with E-state index in [1.807, 2.05) is 0 Å². The van der Waals surface area contributed by atoms with Gasteiger partial charge in [0.15, 0.2) is 6.29 Å². The molecule has 0 amide bonds. The van der Waals surface area contributed by atoms with E-state index < -0.39 is 10.1 Å². The molecule has 0 aromatic rings. The quantitative estimate of drug-likeness (QED) is 0.418. The molecule has 1 rings (SSSR count). The molecule has 1 unspecified atom stereocenters. The third-order valence-corrected chi connectivity index (χ3v) is 2.72. The lowest BCUT2D eigenvalue weighted by Gasteiger charge is -2.21. The highest BCUT2D eigenvalue weighted by Gasteiger charge is 2.12. The molecule has 17 heavy (non-hydrogen) atoms. The minimum Gasteiger partial charge on any atom is -0.353 e. The topological polar surface area (TPSA) is 61.8 Å². The second kappa shape index (κ2) is 7.67. The average molecular weight is 262 g/mol. The van der Waals surface area contributed by atoms with Crippen molar-refractivity contribution < 1.29 is 22.1 Å². The Labute approximate surface area is 103 Å². The molecular formula is C11H18O5S. The Morgan fingerprint density at radius 1 is 1.35 bits per heavy atom. The van der Waals surface area contributed by atoms with Crippen molar-refractivity contribution in [3.63, 3.8) is 0 Å². The maximum absolute atomic E-state index is 10.6. The van der Waals surface area contributed by atoms with E-state index in [0.29, 0.717) is 13.0 Å². The molecule has 1 saturated heterocycles. The molecule has 5 nitrogen and oxygen atoms in total. The van der Waals surface area contributed by atoms with Crippen molar-refractivity contribution >= 4 is 10.1 Å². The van der Waals surface area contributed by atoms with Crippen LogP contribution < -0.4 is 0 Å². The van der Waals surface area contributed by atoms with Crippen LogP contribution in [0.3, 0.4) is 0 Å². The van der Waals surface area contributed by atoms with Gasteiger partial charge >= 0.3 is 0 Å². The van der Waals surface area contributed by atoms with Crippen LogP contribution in [0.4, 0.5) is 0 Å². The second-order valence-electron chi connectivity index (χ2n) is 3.74. The summed E-state index contributed by atoms with van der Waals surface area (Å²) in [5, 5.41) is 0. The van der Waals surface area contributed by atoms with Gasteiger partial charge in [0.05, 0.1) is 12.9 Å². The number of ether oxygens (including phenoxy) is 2. The van der Waals surface area contributed by atoms with E-state index in [9.17, 15) is 8.42 Å². The summed E-state index contributed by atoms with van der Waals surface area (Å²) in [6.07, 6.45) is 4.39. The van der Waals surface area contributed by atoms with E-state index in [-0.39, 0.29) is 12.9 Å². The molecule has 0 aromatic heterocycles. The van der Waals surface area contributed by atoms with Gasteiger partial charge in [-0.25, -0.2) is 0 Å². The highest BCUT2D eigenvalue weighted by Crippen LogP contribution is 2.12. The van der Waals surface area contributed by atoms with Gasteiger partial charge in [-0.3, -0.25) is 4.18 Å². The lowest BCUT2D eigenvalue weighted by atomic mass is 10.2. The van der Waals surface area contributed by atoms with Gasteiger partial charge < -0.3 is 9.47 Å². The van der Waals surface area contributed by atoms with Gasteiger partial charge in [0, 0.05) is 13.0 Å². The van der Waals surface area contributed by atoms with Crippen LogP contribution in [-0.4, -0.2) is 40.8 Å². The lowest BCUT2D eigenvalue weighted by Crippen LogP contribution is -2.22. The molecule has 98 valence electrons. The first-order chi connectivity index (χ1) is 8.08. The fourth-order valence-electron chi connectivity index (χ4n) is 1.36. The Balaban J connectivity index is 2.02. The lowest BCUT2D eigenvalue weighted by molar-refractivity contribution is -0.154. The van der Waals surface area contributed by atoms with Crippen LogP contribution in [0, 0.1) is 11.8 Å². The van der Waals surface area contributed by atoms with Crippen molar-refractivity contribution in [2.45, 2.75) is 32.0 Å². The second-order valence-corrected chi connectivity index (χ2v) is 5.38. The molecule has 1 aliphatic rings. The predicted molar refractivity (Wildman–Crippen MR) is 62.7 cm³/mol. The van der Waals surface area contributed by atoms with Crippen LogP contribution in [0.2, 0.25) is 0 Å². The molecular weight excluding hydrogens is 244 g/mol. The van der Waals surface area contributed by atoms with Crippen molar-refractivity contribution in [3.8, 4) is 11.8 Å². The Kier molecular flexibility index (Phi) is 6.52. The van der Waals surface area contributed by atoms with Crippen molar-refractivity contribution in [3.05, 3.63) is 0 Å². The first kappa shape index (κ1) is 14.5. The zero-order chi connectivity index (χ0) is 12.6. The van der Waals surface area contributed by atoms with Gasteiger partial charge in [-0.05, 0) is 19.3 Å². The molecule has 0 aromatic carbocycles. The van der Waals surface area contributed by atoms with Gasteiger partial charge in [0.25, 0.3) is 10.1 Å². The average Bonchev–Trinajstić information content (AvgIpc) is 2.28. The Morgan fingerprint density at radius 2 is 2.18 bits per heavy atom.